The molecule has 0 saturated carbocycles. The Morgan fingerprint density at radius 3 is 2.33 bits per heavy atom. The molecule has 9 heteroatoms. The Kier molecular flexibility index (Phi) is 3.67. The van der Waals surface area contributed by atoms with Crippen molar-refractivity contribution in [3.05, 3.63) is 35.5 Å². The summed E-state index contributed by atoms with van der Waals surface area (Å²) in [6.07, 6.45) is -3.89. The van der Waals surface area contributed by atoms with Gasteiger partial charge in [-0.1, -0.05) is 0 Å². The van der Waals surface area contributed by atoms with Crippen LogP contribution in [0, 0.1) is 11.6 Å². The first-order chi connectivity index (χ1) is 9.74. The smallest absolute Gasteiger partial charge is 0.419 e. The molecule has 0 fully saturated rings. The molecular weight excluding hydrogens is 297 g/mol. The minimum Gasteiger partial charge on any atom is -0.491 e. The fourth-order valence-electron chi connectivity index (χ4n) is 1.61. The molecule has 1 aromatic heterocycles. The van der Waals surface area contributed by atoms with E-state index in [1.807, 2.05) is 0 Å². The van der Waals surface area contributed by atoms with E-state index >= 15 is 0 Å². The van der Waals surface area contributed by atoms with E-state index in [9.17, 15) is 22.0 Å². The molecule has 1 heterocycles. The first kappa shape index (κ1) is 14.9. The number of nitrogens with two attached hydrogens (primary N) is 1. The number of alkyl halides is 3. The molecule has 0 unspecified atom stereocenters. The van der Waals surface area contributed by atoms with E-state index in [0.29, 0.717) is 6.07 Å². The maximum Gasteiger partial charge on any atom is 0.419 e. The van der Waals surface area contributed by atoms with E-state index < -0.39 is 28.9 Å². The van der Waals surface area contributed by atoms with Crippen molar-refractivity contribution in [1.29, 1.82) is 0 Å². The van der Waals surface area contributed by atoms with Crippen LogP contribution in [0.3, 0.4) is 0 Å². The highest BCUT2D eigenvalue weighted by atomic mass is 19.4. The summed E-state index contributed by atoms with van der Waals surface area (Å²) in [5.41, 5.74) is 3.25. The number of halogens is 5. The van der Waals surface area contributed by atoms with Gasteiger partial charge in [0, 0.05) is 0 Å². The second-order valence-corrected chi connectivity index (χ2v) is 3.96. The van der Waals surface area contributed by atoms with Crippen LogP contribution in [0.4, 0.5) is 27.8 Å². The van der Waals surface area contributed by atoms with Crippen molar-refractivity contribution in [3.63, 3.8) is 0 Å². The molecular formula is C12H8F5N3O. The molecule has 0 saturated heterocycles. The highest BCUT2D eigenvalue weighted by Gasteiger charge is 2.35. The number of hydrogen-bond donors (Lipinski definition) is 1. The van der Waals surface area contributed by atoms with Crippen LogP contribution in [0.2, 0.25) is 0 Å². The third-order valence-electron chi connectivity index (χ3n) is 2.61. The zero-order valence-corrected chi connectivity index (χ0v) is 10.5. The Bertz CT molecular complexity index is 687. The Morgan fingerprint density at radius 1 is 1.14 bits per heavy atom. The van der Waals surface area contributed by atoms with Crippen LogP contribution in [0.25, 0.3) is 11.4 Å². The summed E-state index contributed by atoms with van der Waals surface area (Å²) in [6, 6.07) is 0.424. The zero-order valence-electron chi connectivity index (χ0n) is 10.5. The molecule has 21 heavy (non-hydrogen) atoms. The van der Waals surface area contributed by atoms with Crippen LogP contribution in [0.15, 0.2) is 18.3 Å². The molecule has 0 radical (unpaired) electrons. The number of aromatic nitrogens is 2. The Hall–Kier alpha value is -2.45. The maximum absolute atomic E-state index is 13.7. The lowest BCUT2D eigenvalue weighted by atomic mass is 10.1. The monoisotopic (exact) mass is 305 g/mol. The summed E-state index contributed by atoms with van der Waals surface area (Å²) >= 11 is 0. The first-order valence-electron chi connectivity index (χ1n) is 5.47. The van der Waals surface area contributed by atoms with Gasteiger partial charge in [-0.15, -0.1) is 0 Å². The average Bonchev–Trinajstić information content (AvgIpc) is 2.39. The number of benzene rings is 1. The van der Waals surface area contributed by atoms with Gasteiger partial charge < -0.3 is 10.5 Å². The van der Waals surface area contributed by atoms with Crippen molar-refractivity contribution >= 4 is 5.82 Å². The largest absolute Gasteiger partial charge is 0.491 e. The Balaban J connectivity index is 2.55. The summed E-state index contributed by atoms with van der Waals surface area (Å²) < 4.78 is 69.3. The minimum absolute atomic E-state index is 0.0500. The Morgan fingerprint density at radius 2 is 1.81 bits per heavy atom. The summed E-state index contributed by atoms with van der Waals surface area (Å²) in [6.45, 7) is 0. The lowest BCUT2D eigenvalue weighted by molar-refractivity contribution is -0.140. The average molecular weight is 305 g/mol. The molecule has 0 atom stereocenters. The Labute approximate surface area is 115 Å². The van der Waals surface area contributed by atoms with Crippen LogP contribution < -0.4 is 10.5 Å². The molecule has 0 bridgehead atoms. The number of anilines is 1. The predicted molar refractivity (Wildman–Crippen MR) is 63.4 cm³/mol. The van der Waals surface area contributed by atoms with E-state index in [2.05, 4.69) is 9.97 Å². The van der Waals surface area contributed by atoms with Crippen LogP contribution in [-0.4, -0.2) is 17.1 Å². The summed E-state index contributed by atoms with van der Waals surface area (Å²) in [4.78, 5) is 7.33. The van der Waals surface area contributed by atoms with Gasteiger partial charge >= 0.3 is 6.18 Å². The van der Waals surface area contributed by atoms with Crippen molar-refractivity contribution in [2.45, 2.75) is 6.18 Å². The molecule has 0 amide bonds. The number of hydrogen-bond acceptors (Lipinski definition) is 4. The summed E-state index contributed by atoms with van der Waals surface area (Å²) in [7, 11) is 1.30. The van der Waals surface area contributed by atoms with E-state index in [1.54, 1.807) is 0 Å². The van der Waals surface area contributed by atoms with Crippen molar-refractivity contribution in [3.8, 4) is 17.1 Å². The second-order valence-electron chi connectivity index (χ2n) is 3.96. The normalized spacial score (nSPS) is 11.5. The topological polar surface area (TPSA) is 61.0 Å². The standard InChI is InChI=1S/C12H8F5N3O/c1-21-9-4-19-11(20-10(9)18)5-2-8(14)6(3-7(5)13)12(15,16)17/h2-4H,1H3,(H2,18,19,20). The van der Waals surface area contributed by atoms with Crippen LogP contribution >= 0.6 is 0 Å². The molecule has 0 spiro atoms. The van der Waals surface area contributed by atoms with Gasteiger partial charge in [-0.2, -0.15) is 13.2 Å². The van der Waals surface area contributed by atoms with Gasteiger partial charge in [0.05, 0.1) is 24.4 Å². The lowest BCUT2D eigenvalue weighted by Crippen LogP contribution is -2.10. The molecule has 2 rings (SSSR count). The van der Waals surface area contributed by atoms with Crippen LogP contribution in [0.1, 0.15) is 5.56 Å². The number of rotatable bonds is 2. The molecule has 2 aromatic rings. The van der Waals surface area contributed by atoms with Crippen LogP contribution in [0.5, 0.6) is 5.75 Å². The van der Waals surface area contributed by atoms with Gasteiger partial charge in [0.1, 0.15) is 11.6 Å². The second kappa shape index (κ2) is 5.15. The molecule has 4 nitrogen and oxygen atoms in total. The third-order valence-corrected chi connectivity index (χ3v) is 2.61. The first-order valence-corrected chi connectivity index (χ1v) is 5.47. The number of nitrogens with zero attached hydrogens (tertiary/aromatic N) is 2. The molecule has 0 aliphatic heterocycles. The summed E-state index contributed by atoms with van der Waals surface area (Å²) in [5, 5.41) is 0. The van der Waals surface area contributed by atoms with Crippen molar-refractivity contribution in [1.82, 2.24) is 9.97 Å². The number of nitrogen functional groups attached to an aromatic ring is 1. The maximum atomic E-state index is 13.7. The van der Waals surface area contributed by atoms with E-state index in [4.69, 9.17) is 10.5 Å². The van der Waals surface area contributed by atoms with Gasteiger partial charge in [0.15, 0.2) is 17.4 Å². The van der Waals surface area contributed by atoms with Crippen LogP contribution in [-0.2, 0) is 6.18 Å². The van der Waals surface area contributed by atoms with Crippen molar-refractivity contribution in [2.75, 3.05) is 12.8 Å². The van der Waals surface area contributed by atoms with Crippen molar-refractivity contribution in [2.24, 2.45) is 0 Å². The van der Waals surface area contributed by atoms with E-state index in [-0.39, 0.29) is 23.5 Å². The highest BCUT2D eigenvalue weighted by Crippen LogP contribution is 2.34. The SMILES string of the molecule is COc1cnc(-c2cc(F)c(C(F)(F)F)cc2F)nc1N. The van der Waals surface area contributed by atoms with E-state index in [0.717, 1.165) is 6.20 Å². The molecule has 2 N–H and O–H groups in total. The van der Waals surface area contributed by atoms with Gasteiger partial charge in [-0.05, 0) is 12.1 Å². The molecule has 0 aliphatic rings. The van der Waals surface area contributed by atoms with E-state index in [1.165, 1.54) is 7.11 Å². The highest BCUT2D eigenvalue weighted by molar-refractivity contribution is 5.60. The van der Waals surface area contributed by atoms with Gasteiger partial charge in [0.2, 0.25) is 0 Å². The van der Waals surface area contributed by atoms with Crippen molar-refractivity contribution < 1.29 is 26.7 Å². The number of ether oxygens (including phenoxy) is 1. The quantitative estimate of drug-likeness (QED) is 0.866. The fourth-order valence-corrected chi connectivity index (χ4v) is 1.61. The molecule has 1 aromatic carbocycles. The molecule has 112 valence electrons. The third kappa shape index (κ3) is 2.86. The molecule has 0 aliphatic carbocycles. The number of methoxy groups -OCH3 is 1. The fraction of sp³-hybridized carbons (Fsp3) is 0.167. The predicted octanol–water partition coefficient (Wildman–Crippen LogP) is 3.03. The van der Waals surface area contributed by atoms with Gasteiger partial charge in [0.25, 0.3) is 0 Å². The lowest BCUT2D eigenvalue weighted by Gasteiger charge is -2.11. The zero-order chi connectivity index (χ0) is 15.8. The van der Waals surface area contributed by atoms with Gasteiger partial charge in [-0.25, -0.2) is 18.7 Å². The minimum atomic E-state index is -5.00. The summed E-state index contributed by atoms with van der Waals surface area (Å²) in [5.74, 6) is -3.34. The van der Waals surface area contributed by atoms with Gasteiger partial charge in [-0.3, -0.25) is 0 Å².